The topological polar surface area (TPSA) is 122 Å². The van der Waals surface area contributed by atoms with Crippen LogP contribution in [0, 0.1) is 18.3 Å². The first kappa shape index (κ1) is 26.1. The zero-order chi connectivity index (χ0) is 23.6. The van der Waals surface area contributed by atoms with Gasteiger partial charge in [-0.2, -0.15) is 4.31 Å². The average molecular weight is 452 g/mol. The molecule has 10 heteroatoms. The summed E-state index contributed by atoms with van der Waals surface area (Å²) < 4.78 is 31.6. The fourth-order valence-electron chi connectivity index (χ4n) is 2.66. The highest BCUT2D eigenvalue weighted by atomic mass is 32.2. The van der Waals surface area contributed by atoms with Gasteiger partial charge in [0.2, 0.25) is 10.0 Å². The molecule has 1 aromatic rings. The van der Waals surface area contributed by atoms with Gasteiger partial charge in [0.1, 0.15) is 6.04 Å². The van der Waals surface area contributed by atoms with Crippen molar-refractivity contribution in [3.05, 3.63) is 29.8 Å². The van der Waals surface area contributed by atoms with Gasteiger partial charge < -0.3 is 15.4 Å². The van der Waals surface area contributed by atoms with Crippen molar-refractivity contribution in [1.29, 1.82) is 0 Å². The normalized spacial score (nSPS) is 12.2. The molecule has 2 amide bonds. The van der Waals surface area contributed by atoms with E-state index in [4.69, 9.17) is 11.2 Å². The molecule has 0 aliphatic heterocycles. The van der Waals surface area contributed by atoms with Crippen molar-refractivity contribution in [3.63, 3.8) is 0 Å². The average Bonchev–Trinajstić information content (AvgIpc) is 2.74. The number of sulfonamides is 1. The number of nitrogens with one attached hydrogen (secondary N) is 2. The van der Waals surface area contributed by atoms with Crippen LogP contribution in [0.15, 0.2) is 29.2 Å². The number of nitrogens with zero attached hydrogens (tertiary/aromatic N) is 1. The third kappa shape index (κ3) is 7.38. The summed E-state index contributed by atoms with van der Waals surface area (Å²) in [5.74, 6) is -0.0962. The molecule has 0 aromatic heterocycles. The van der Waals surface area contributed by atoms with Gasteiger partial charge in [0.25, 0.3) is 11.8 Å². The number of hydrogen-bond donors (Lipinski definition) is 2. The fourth-order valence-corrected chi connectivity index (χ4v) is 4.16. The van der Waals surface area contributed by atoms with Gasteiger partial charge in [-0.15, -0.1) is 6.42 Å². The van der Waals surface area contributed by atoms with Crippen LogP contribution in [0.2, 0.25) is 0 Å². The lowest BCUT2D eigenvalue weighted by Gasteiger charge is -2.21. The van der Waals surface area contributed by atoms with Crippen LogP contribution in [0.3, 0.4) is 0 Å². The van der Waals surface area contributed by atoms with Crippen LogP contribution in [0.1, 0.15) is 38.1 Å². The van der Waals surface area contributed by atoms with Gasteiger partial charge >= 0.3 is 5.97 Å². The second-order valence-corrected chi connectivity index (χ2v) is 8.84. The highest BCUT2D eigenvalue weighted by molar-refractivity contribution is 7.89. The Hall–Kier alpha value is -2.90. The van der Waals surface area contributed by atoms with Crippen molar-refractivity contribution < 1.29 is 27.5 Å². The van der Waals surface area contributed by atoms with E-state index in [-0.39, 0.29) is 22.9 Å². The van der Waals surface area contributed by atoms with E-state index >= 15 is 0 Å². The zero-order valence-electron chi connectivity index (χ0n) is 18.2. The summed E-state index contributed by atoms with van der Waals surface area (Å²) in [7, 11) is -3.74. The number of carbonyl (C=O) groups excluding carboxylic acids is 3. The van der Waals surface area contributed by atoms with Crippen LogP contribution in [0.25, 0.3) is 0 Å². The van der Waals surface area contributed by atoms with Crippen LogP contribution in [0.4, 0.5) is 0 Å². The second-order valence-electron chi connectivity index (χ2n) is 6.90. The number of amides is 2. The van der Waals surface area contributed by atoms with Gasteiger partial charge in [-0.05, 0) is 24.1 Å². The molecule has 0 saturated carbocycles. The summed E-state index contributed by atoms with van der Waals surface area (Å²) in [6.45, 7) is 6.92. The summed E-state index contributed by atoms with van der Waals surface area (Å²) in [5.41, 5.74) is 0.0819. The van der Waals surface area contributed by atoms with Crippen molar-refractivity contribution >= 4 is 27.8 Å². The lowest BCUT2D eigenvalue weighted by Crippen LogP contribution is -2.46. The lowest BCUT2D eigenvalue weighted by molar-refractivity contribution is -0.151. The zero-order valence-corrected chi connectivity index (χ0v) is 19.0. The summed E-state index contributed by atoms with van der Waals surface area (Å²) >= 11 is 0. The van der Waals surface area contributed by atoms with Gasteiger partial charge in [-0.1, -0.05) is 39.7 Å². The molecule has 0 spiro atoms. The van der Waals surface area contributed by atoms with Crippen molar-refractivity contribution in [2.24, 2.45) is 5.92 Å². The number of esters is 1. The molecule has 31 heavy (non-hydrogen) atoms. The summed E-state index contributed by atoms with van der Waals surface area (Å²) in [6.07, 6.45) is 5.04. The highest BCUT2D eigenvalue weighted by Crippen LogP contribution is 2.17. The van der Waals surface area contributed by atoms with Crippen LogP contribution in [-0.4, -0.2) is 62.8 Å². The quantitative estimate of drug-likeness (QED) is 0.378. The third-order valence-corrected chi connectivity index (χ3v) is 6.43. The van der Waals surface area contributed by atoms with E-state index in [0.717, 1.165) is 0 Å². The van der Waals surface area contributed by atoms with Crippen LogP contribution in [0.5, 0.6) is 0 Å². The number of carbonyl (C=O) groups is 3. The molecule has 0 unspecified atom stereocenters. The molecule has 170 valence electrons. The third-order valence-electron chi connectivity index (χ3n) is 4.38. The second kappa shape index (κ2) is 12.1. The van der Waals surface area contributed by atoms with Crippen LogP contribution < -0.4 is 10.6 Å². The summed E-state index contributed by atoms with van der Waals surface area (Å²) in [6, 6.07) is 4.55. The monoisotopic (exact) mass is 451 g/mol. The number of terminal acetylenes is 1. The number of ether oxygens (including phenoxy) is 1. The predicted octanol–water partition coefficient (Wildman–Crippen LogP) is 0.764. The van der Waals surface area contributed by atoms with E-state index in [1.165, 1.54) is 28.6 Å². The fraction of sp³-hybridized carbons (Fsp3) is 0.476. The Morgan fingerprint density at radius 1 is 1.19 bits per heavy atom. The van der Waals surface area contributed by atoms with E-state index < -0.39 is 40.5 Å². The minimum absolute atomic E-state index is 0.00741. The Labute approximate surface area is 183 Å². The summed E-state index contributed by atoms with van der Waals surface area (Å²) in [4.78, 5) is 36.6. The van der Waals surface area contributed by atoms with E-state index in [0.29, 0.717) is 13.1 Å². The molecular weight excluding hydrogens is 422 g/mol. The minimum Gasteiger partial charge on any atom is -0.454 e. The molecule has 0 aliphatic carbocycles. The van der Waals surface area contributed by atoms with Gasteiger partial charge in [-0.25, -0.2) is 13.2 Å². The maximum atomic E-state index is 12.7. The van der Waals surface area contributed by atoms with Crippen molar-refractivity contribution in [3.8, 4) is 12.3 Å². The molecule has 0 aliphatic rings. The number of benzene rings is 1. The van der Waals surface area contributed by atoms with E-state index in [2.05, 4.69) is 16.6 Å². The maximum absolute atomic E-state index is 12.7. The Morgan fingerprint density at radius 2 is 1.84 bits per heavy atom. The standard InChI is InChI=1S/C21H29N3O6S/c1-6-12-22-18(25)14-30-21(27)19(15(4)5)23-20(26)16-10-9-11-17(13-16)31(28,29)24(7-2)8-3/h1,9-11,13,15,19H,7-8,12,14H2,2-5H3,(H,22,25)(H,23,26)/t19-/m0/s1. The van der Waals surface area contributed by atoms with Gasteiger partial charge in [0, 0.05) is 18.7 Å². The molecule has 1 atom stereocenters. The SMILES string of the molecule is C#CCNC(=O)COC(=O)[C@@H](NC(=O)c1cccc(S(=O)(=O)N(CC)CC)c1)C(C)C. The molecular formula is C21H29N3O6S. The lowest BCUT2D eigenvalue weighted by atomic mass is 10.0. The highest BCUT2D eigenvalue weighted by Gasteiger charge is 2.28. The number of hydrogen-bond acceptors (Lipinski definition) is 6. The van der Waals surface area contributed by atoms with Crippen molar-refractivity contribution in [1.82, 2.24) is 14.9 Å². The summed E-state index contributed by atoms with van der Waals surface area (Å²) in [5, 5.41) is 4.91. The van der Waals surface area contributed by atoms with E-state index in [1.807, 2.05) is 0 Å². The first-order valence-electron chi connectivity index (χ1n) is 9.86. The molecule has 1 rings (SSSR count). The smallest absolute Gasteiger partial charge is 0.329 e. The largest absolute Gasteiger partial charge is 0.454 e. The molecule has 0 bridgehead atoms. The maximum Gasteiger partial charge on any atom is 0.329 e. The van der Waals surface area contributed by atoms with Crippen LogP contribution >= 0.6 is 0 Å². The first-order chi connectivity index (χ1) is 14.6. The Balaban J connectivity index is 2.95. The Morgan fingerprint density at radius 3 is 2.39 bits per heavy atom. The van der Waals surface area contributed by atoms with Gasteiger partial charge in [0.05, 0.1) is 11.4 Å². The van der Waals surface area contributed by atoms with Crippen molar-refractivity contribution in [2.75, 3.05) is 26.2 Å². The van der Waals surface area contributed by atoms with E-state index in [1.54, 1.807) is 27.7 Å². The molecule has 0 saturated heterocycles. The molecule has 0 heterocycles. The predicted molar refractivity (Wildman–Crippen MR) is 115 cm³/mol. The molecule has 1 aromatic carbocycles. The minimum atomic E-state index is -3.74. The van der Waals surface area contributed by atoms with Crippen LogP contribution in [-0.2, 0) is 24.3 Å². The molecule has 2 N–H and O–H groups in total. The van der Waals surface area contributed by atoms with E-state index in [9.17, 15) is 22.8 Å². The first-order valence-corrected chi connectivity index (χ1v) is 11.3. The molecule has 0 radical (unpaired) electrons. The van der Waals surface area contributed by atoms with Gasteiger partial charge in [-0.3, -0.25) is 9.59 Å². The van der Waals surface area contributed by atoms with Crippen molar-refractivity contribution in [2.45, 2.75) is 38.6 Å². The molecule has 0 fully saturated rings. The number of rotatable bonds is 11. The Kier molecular flexibility index (Phi) is 10.2. The molecule has 9 nitrogen and oxygen atoms in total. The van der Waals surface area contributed by atoms with Gasteiger partial charge in [0.15, 0.2) is 6.61 Å². The Bertz CT molecular complexity index is 933.